The average molecular weight is 170 g/mol. The number of hydrogen-bond acceptors (Lipinski definition) is 0. The van der Waals surface area contributed by atoms with Crippen LogP contribution in [-0.2, 0) is 6.42 Å². The molecule has 0 nitrogen and oxygen atoms in total. The summed E-state index contributed by atoms with van der Waals surface area (Å²) in [5.74, 6) is -1.44. The minimum Gasteiger partial charge on any atom is -0.204 e. The van der Waals surface area contributed by atoms with Crippen molar-refractivity contribution in [2.75, 3.05) is 0 Å². The summed E-state index contributed by atoms with van der Waals surface area (Å²) in [4.78, 5) is 0. The molecule has 0 unspecified atom stereocenters. The third-order valence-electron chi connectivity index (χ3n) is 1.83. The lowest BCUT2D eigenvalue weighted by atomic mass is 10.1. The van der Waals surface area contributed by atoms with Gasteiger partial charge < -0.3 is 0 Å². The van der Waals surface area contributed by atoms with Gasteiger partial charge in [-0.05, 0) is 24.5 Å². The number of halogens is 2. The summed E-state index contributed by atoms with van der Waals surface area (Å²) in [6.45, 7) is 2.03. The summed E-state index contributed by atoms with van der Waals surface area (Å²) in [5, 5.41) is 0. The monoisotopic (exact) mass is 170 g/mol. The maximum Gasteiger partial charge on any atom is 0.162 e. The van der Waals surface area contributed by atoms with Crippen LogP contribution in [-0.4, -0.2) is 0 Å². The molecule has 12 heavy (non-hydrogen) atoms. The average Bonchev–Trinajstić information content (AvgIpc) is 2.08. The molecule has 1 rings (SSSR count). The summed E-state index contributed by atoms with van der Waals surface area (Å²) in [5.41, 5.74) is 0.483. The van der Waals surface area contributed by atoms with E-state index in [1.54, 1.807) is 12.1 Å². The zero-order chi connectivity index (χ0) is 8.97. The maximum absolute atomic E-state index is 12.9. The summed E-state index contributed by atoms with van der Waals surface area (Å²) in [7, 11) is 0. The maximum atomic E-state index is 12.9. The lowest BCUT2D eigenvalue weighted by Crippen LogP contribution is -1.93. The lowest BCUT2D eigenvalue weighted by molar-refractivity contribution is 0.497. The van der Waals surface area contributed by atoms with Crippen LogP contribution in [0.1, 0.15) is 25.3 Å². The molecular formula is C10H12F2. The minimum atomic E-state index is -0.747. The first-order valence-corrected chi connectivity index (χ1v) is 4.18. The molecule has 0 radical (unpaired) electrons. The van der Waals surface area contributed by atoms with Gasteiger partial charge in [0.2, 0.25) is 0 Å². The van der Waals surface area contributed by atoms with Gasteiger partial charge in [-0.15, -0.1) is 0 Å². The van der Waals surface area contributed by atoms with Gasteiger partial charge in [-0.25, -0.2) is 8.78 Å². The SMILES string of the molecule is CCCCc1cccc(F)c1F. The minimum absolute atomic E-state index is 0.483. The van der Waals surface area contributed by atoms with E-state index in [-0.39, 0.29) is 0 Å². The molecule has 0 aliphatic carbocycles. The smallest absolute Gasteiger partial charge is 0.162 e. The Bertz CT molecular complexity index is 256. The zero-order valence-corrected chi connectivity index (χ0v) is 7.11. The third-order valence-corrected chi connectivity index (χ3v) is 1.83. The van der Waals surface area contributed by atoms with Crippen LogP contribution >= 0.6 is 0 Å². The second-order valence-electron chi connectivity index (χ2n) is 2.82. The van der Waals surface area contributed by atoms with Crippen molar-refractivity contribution in [3.8, 4) is 0 Å². The Balaban J connectivity index is 2.78. The number of hydrogen-bond donors (Lipinski definition) is 0. The molecule has 0 aliphatic rings. The molecule has 1 aromatic carbocycles. The van der Waals surface area contributed by atoms with Crippen molar-refractivity contribution in [3.05, 3.63) is 35.4 Å². The third kappa shape index (κ3) is 2.03. The summed E-state index contributed by atoms with van der Waals surface area (Å²) in [6.07, 6.45) is 2.52. The van der Waals surface area contributed by atoms with E-state index in [2.05, 4.69) is 0 Å². The Labute approximate surface area is 71.2 Å². The quantitative estimate of drug-likeness (QED) is 0.652. The number of unbranched alkanes of at least 4 members (excludes halogenated alkanes) is 1. The normalized spacial score (nSPS) is 10.2. The number of aryl methyl sites for hydroxylation is 1. The van der Waals surface area contributed by atoms with E-state index in [0.29, 0.717) is 12.0 Å². The second-order valence-corrected chi connectivity index (χ2v) is 2.82. The van der Waals surface area contributed by atoms with Gasteiger partial charge in [-0.2, -0.15) is 0 Å². The summed E-state index contributed by atoms with van der Waals surface area (Å²) in [6, 6.07) is 4.32. The highest BCUT2D eigenvalue weighted by Gasteiger charge is 2.05. The van der Waals surface area contributed by atoms with Crippen molar-refractivity contribution < 1.29 is 8.78 Å². The highest BCUT2D eigenvalue weighted by Crippen LogP contribution is 2.13. The van der Waals surface area contributed by atoms with Gasteiger partial charge in [0.1, 0.15) is 0 Å². The summed E-state index contributed by atoms with van der Waals surface area (Å²) >= 11 is 0. The molecule has 0 fully saturated rings. The molecule has 2 heteroatoms. The standard InChI is InChI=1S/C10H12F2/c1-2-3-5-8-6-4-7-9(11)10(8)12/h4,6-7H,2-3,5H2,1H3. The van der Waals surface area contributed by atoms with Crippen LogP contribution in [0.15, 0.2) is 18.2 Å². The Kier molecular flexibility index (Phi) is 3.20. The molecule has 66 valence electrons. The van der Waals surface area contributed by atoms with Gasteiger partial charge in [0.05, 0.1) is 0 Å². The van der Waals surface area contributed by atoms with Crippen LogP contribution in [0.25, 0.3) is 0 Å². The number of rotatable bonds is 3. The van der Waals surface area contributed by atoms with Gasteiger partial charge in [0.15, 0.2) is 11.6 Å². The van der Waals surface area contributed by atoms with Crippen LogP contribution in [0.4, 0.5) is 8.78 Å². The zero-order valence-electron chi connectivity index (χ0n) is 7.11. The van der Waals surface area contributed by atoms with E-state index < -0.39 is 11.6 Å². The highest BCUT2D eigenvalue weighted by molar-refractivity contribution is 5.18. The molecule has 0 atom stereocenters. The first-order chi connectivity index (χ1) is 5.75. The van der Waals surface area contributed by atoms with Crippen molar-refractivity contribution in [2.45, 2.75) is 26.2 Å². The van der Waals surface area contributed by atoms with Crippen LogP contribution in [0.3, 0.4) is 0 Å². The van der Waals surface area contributed by atoms with Crippen molar-refractivity contribution in [3.63, 3.8) is 0 Å². The second kappa shape index (κ2) is 4.19. The first kappa shape index (κ1) is 9.17. The predicted molar refractivity (Wildman–Crippen MR) is 45.0 cm³/mol. The van der Waals surface area contributed by atoms with E-state index in [0.717, 1.165) is 18.9 Å². The van der Waals surface area contributed by atoms with Crippen molar-refractivity contribution in [1.29, 1.82) is 0 Å². The van der Waals surface area contributed by atoms with E-state index in [4.69, 9.17) is 0 Å². The van der Waals surface area contributed by atoms with Crippen LogP contribution < -0.4 is 0 Å². The van der Waals surface area contributed by atoms with Crippen LogP contribution in [0, 0.1) is 11.6 Å². The van der Waals surface area contributed by atoms with Crippen molar-refractivity contribution in [1.82, 2.24) is 0 Å². The lowest BCUT2D eigenvalue weighted by Gasteiger charge is -2.01. The van der Waals surface area contributed by atoms with Gasteiger partial charge in [0, 0.05) is 0 Å². The van der Waals surface area contributed by atoms with E-state index in [9.17, 15) is 8.78 Å². The highest BCUT2D eigenvalue weighted by atomic mass is 19.2. The van der Waals surface area contributed by atoms with Crippen molar-refractivity contribution >= 4 is 0 Å². The predicted octanol–water partition coefficient (Wildman–Crippen LogP) is 3.31. The molecule has 0 heterocycles. The Morgan fingerprint density at radius 3 is 2.67 bits per heavy atom. The van der Waals surface area contributed by atoms with Gasteiger partial charge in [0.25, 0.3) is 0 Å². The van der Waals surface area contributed by atoms with Gasteiger partial charge in [-0.1, -0.05) is 25.5 Å². The van der Waals surface area contributed by atoms with Gasteiger partial charge >= 0.3 is 0 Å². The van der Waals surface area contributed by atoms with E-state index in [1.165, 1.54) is 0 Å². The molecule has 0 N–H and O–H groups in total. The fraction of sp³-hybridized carbons (Fsp3) is 0.400. The van der Waals surface area contributed by atoms with Crippen LogP contribution in [0.2, 0.25) is 0 Å². The molecule has 1 aromatic rings. The number of benzene rings is 1. The van der Waals surface area contributed by atoms with E-state index >= 15 is 0 Å². The molecular weight excluding hydrogens is 158 g/mol. The Hall–Kier alpha value is -0.920. The fourth-order valence-corrected chi connectivity index (χ4v) is 1.11. The van der Waals surface area contributed by atoms with E-state index in [1.807, 2.05) is 6.92 Å². The molecule has 0 spiro atoms. The Morgan fingerprint density at radius 2 is 2.00 bits per heavy atom. The summed E-state index contributed by atoms with van der Waals surface area (Å²) < 4.78 is 25.6. The molecule has 0 bridgehead atoms. The Morgan fingerprint density at radius 1 is 1.25 bits per heavy atom. The molecule has 0 amide bonds. The fourth-order valence-electron chi connectivity index (χ4n) is 1.11. The van der Waals surface area contributed by atoms with Crippen LogP contribution in [0.5, 0.6) is 0 Å². The molecule has 0 saturated carbocycles. The largest absolute Gasteiger partial charge is 0.204 e. The van der Waals surface area contributed by atoms with Crippen molar-refractivity contribution in [2.24, 2.45) is 0 Å². The molecule has 0 aromatic heterocycles. The molecule has 0 saturated heterocycles. The molecule has 0 aliphatic heterocycles. The van der Waals surface area contributed by atoms with Gasteiger partial charge in [-0.3, -0.25) is 0 Å². The topological polar surface area (TPSA) is 0 Å². The first-order valence-electron chi connectivity index (χ1n) is 4.18.